The molecule has 1 aliphatic carbocycles. The van der Waals surface area contributed by atoms with E-state index in [0.717, 1.165) is 43.4 Å². The largest absolute Gasteiger partial charge is 0.463 e. The van der Waals surface area contributed by atoms with Crippen LogP contribution in [0.15, 0.2) is 58.1 Å². The molecule has 2 heterocycles. The number of ether oxygens (including phenoxy) is 2. The maximum absolute atomic E-state index is 14.9. The highest BCUT2D eigenvalue weighted by atomic mass is 32.2. The molecule has 37 heavy (non-hydrogen) atoms. The number of hydrogen-bond donors (Lipinski definition) is 1. The van der Waals surface area contributed by atoms with E-state index in [2.05, 4.69) is 6.07 Å². The third-order valence-electron chi connectivity index (χ3n) is 6.43. The summed E-state index contributed by atoms with van der Waals surface area (Å²) < 4.78 is 25.9. The van der Waals surface area contributed by atoms with Crippen LogP contribution in [0.4, 0.5) is 4.39 Å². The average Bonchev–Trinajstić information content (AvgIpc) is 2.88. The summed E-state index contributed by atoms with van der Waals surface area (Å²) in [5.74, 6) is -2.37. The molecule has 1 aromatic heterocycles. The second-order valence-electron chi connectivity index (χ2n) is 8.77. The number of allylic oxidation sites excluding steroid dienone is 1. The number of carbonyl (C=O) groups excluding carboxylic acids is 1. The van der Waals surface area contributed by atoms with Crippen molar-refractivity contribution in [2.75, 3.05) is 12.4 Å². The average molecular weight is 519 g/mol. The van der Waals surface area contributed by atoms with Crippen molar-refractivity contribution in [2.45, 2.75) is 56.4 Å². The van der Waals surface area contributed by atoms with Gasteiger partial charge in [0.05, 0.1) is 29.4 Å². The molecule has 0 saturated heterocycles. The van der Waals surface area contributed by atoms with E-state index in [1.807, 2.05) is 12.1 Å². The van der Waals surface area contributed by atoms with Gasteiger partial charge in [0.2, 0.25) is 5.88 Å². The molecule has 1 atom stereocenters. The number of rotatable bonds is 6. The molecule has 9 heteroatoms. The van der Waals surface area contributed by atoms with Crippen LogP contribution in [0, 0.1) is 28.5 Å². The number of carbonyl (C=O) groups is 1. The van der Waals surface area contributed by atoms with Crippen LogP contribution in [0.5, 0.6) is 0 Å². The Morgan fingerprint density at radius 3 is 2.68 bits per heavy atom. The minimum Gasteiger partial charge on any atom is -0.463 e. The van der Waals surface area contributed by atoms with Gasteiger partial charge in [-0.3, -0.25) is 0 Å². The Kier molecular flexibility index (Phi) is 8.47. The maximum atomic E-state index is 14.9. The second kappa shape index (κ2) is 11.9. The number of benzene rings is 1. The smallest absolute Gasteiger partial charge is 0.338 e. The molecule has 0 bridgehead atoms. The quantitative estimate of drug-likeness (QED) is 0.411. The Morgan fingerprint density at radius 2 is 1.97 bits per heavy atom. The Hall–Kier alpha value is -3.82. The first kappa shape index (κ1) is 26.2. The molecule has 2 N–H and O–H groups in total. The number of thioether (sulfide) groups is 1. The third kappa shape index (κ3) is 5.63. The first-order valence-corrected chi connectivity index (χ1v) is 13.2. The van der Waals surface area contributed by atoms with E-state index in [4.69, 9.17) is 20.2 Å². The van der Waals surface area contributed by atoms with E-state index in [1.54, 1.807) is 13.0 Å². The summed E-state index contributed by atoms with van der Waals surface area (Å²) in [6.45, 7) is 1.74. The van der Waals surface area contributed by atoms with Crippen LogP contribution < -0.4 is 5.73 Å². The molecule has 4 rings (SSSR count). The van der Waals surface area contributed by atoms with Crippen molar-refractivity contribution in [3.8, 4) is 12.1 Å². The molecule has 0 saturated carbocycles. The fourth-order valence-electron chi connectivity index (χ4n) is 4.67. The predicted molar refractivity (Wildman–Crippen MR) is 136 cm³/mol. The topological polar surface area (TPSA) is 122 Å². The van der Waals surface area contributed by atoms with Crippen molar-refractivity contribution in [3.05, 3.63) is 81.3 Å². The van der Waals surface area contributed by atoms with Crippen LogP contribution in [0.1, 0.15) is 60.9 Å². The third-order valence-corrected chi connectivity index (χ3v) is 7.43. The van der Waals surface area contributed by atoms with Crippen LogP contribution in [-0.4, -0.2) is 23.3 Å². The molecule has 0 fully saturated rings. The SMILES string of the molecule is CCOC(=O)C1=C(CSc2nc3c(cc2C#N)CCCCCC3)OC(N)=C(C#N)[C@@H]1c1ccccc1F. The Morgan fingerprint density at radius 1 is 1.22 bits per heavy atom. The van der Waals surface area contributed by atoms with Crippen LogP contribution in [0.2, 0.25) is 0 Å². The number of nitrogens with zero attached hydrogens (tertiary/aromatic N) is 3. The van der Waals surface area contributed by atoms with Crippen LogP contribution >= 0.6 is 11.8 Å². The number of esters is 1. The van der Waals surface area contributed by atoms with Crippen molar-refractivity contribution in [3.63, 3.8) is 0 Å². The molecule has 0 spiro atoms. The fraction of sp³-hybridized carbons (Fsp3) is 0.357. The van der Waals surface area contributed by atoms with E-state index >= 15 is 0 Å². The van der Waals surface area contributed by atoms with Crippen LogP contribution in [-0.2, 0) is 27.1 Å². The lowest BCUT2D eigenvalue weighted by Gasteiger charge is -2.28. The molecule has 0 radical (unpaired) electrons. The number of nitriles is 2. The molecule has 1 aliphatic heterocycles. The van der Waals surface area contributed by atoms with Gasteiger partial charge in [-0.05, 0) is 50.3 Å². The van der Waals surface area contributed by atoms with E-state index in [0.29, 0.717) is 10.6 Å². The Balaban J connectivity index is 1.76. The van der Waals surface area contributed by atoms with Crippen molar-refractivity contribution >= 4 is 17.7 Å². The van der Waals surface area contributed by atoms with Gasteiger partial charge in [-0.15, -0.1) is 0 Å². The van der Waals surface area contributed by atoms with Crippen LogP contribution in [0.3, 0.4) is 0 Å². The number of aromatic nitrogens is 1. The minimum absolute atomic E-state index is 0.00922. The summed E-state index contributed by atoms with van der Waals surface area (Å²) in [6, 6.07) is 12.0. The predicted octanol–water partition coefficient (Wildman–Crippen LogP) is 5.17. The van der Waals surface area contributed by atoms with E-state index in [9.17, 15) is 19.7 Å². The zero-order chi connectivity index (χ0) is 26.4. The first-order chi connectivity index (χ1) is 18.0. The Labute approximate surface area is 219 Å². The molecule has 0 unspecified atom stereocenters. The lowest BCUT2D eigenvalue weighted by molar-refractivity contribution is -0.139. The molecular weight excluding hydrogens is 491 g/mol. The highest BCUT2D eigenvalue weighted by Crippen LogP contribution is 2.42. The van der Waals surface area contributed by atoms with Crippen molar-refractivity contribution < 1.29 is 18.7 Å². The van der Waals surface area contributed by atoms with E-state index in [1.165, 1.54) is 36.4 Å². The summed E-state index contributed by atoms with van der Waals surface area (Å²) in [5, 5.41) is 20.1. The maximum Gasteiger partial charge on any atom is 0.338 e. The summed E-state index contributed by atoms with van der Waals surface area (Å²) in [7, 11) is 0. The Bertz CT molecular complexity index is 1360. The van der Waals surface area contributed by atoms with Crippen molar-refractivity contribution in [1.29, 1.82) is 10.5 Å². The standard InChI is InChI=1S/C28H27FN4O3S/c1-2-35-28(34)25-23(36-26(32)20(15-31)24(25)19-10-7-8-11-21(19)29)16-37-27-18(14-30)13-17-9-5-3-4-6-12-22(17)33-27/h7-8,10-11,13,24H,2-6,9,12,16,32H2,1H3/t24-/m0/s1. The molecule has 2 aliphatic rings. The van der Waals surface area contributed by atoms with Gasteiger partial charge in [-0.25, -0.2) is 14.2 Å². The van der Waals surface area contributed by atoms with E-state index < -0.39 is 17.7 Å². The number of aryl methyl sites for hydroxylation is 2. The van der Waals surface area contributed by atoms with E-state index in [-0.39, 0.29) is 40.7 Å². The fourth-order valence-corrected chi connectivity index (χ4v) is 5.59. The molecule has 1 aromatic carbocycles. The van der Waals surface area contributed by atoms with Gasteiger partial charge >= 0.3 is 5.97 Å². The minimum atomic E-state index is -1.09. The van der Waals surface area contributed by atoms with Gasteiger partial charge in [-0.1, -0.05) is 42.8 Å². The number of fused-ring (bicyclic) bond motifs is 1. The highest BCUT2D eigenvalue weighted by Gasteiger charge is 2.39. The lowest BCUT2D eigenvalue weighted by Crippen LogP contribution is -2.27. The normalized spacial score (nSPS) is 17.6. The van der Waals surface area contributed by atoms with Gasteiger partial charge in [0, 0.05) is 11.3 Å². The molecular formula is C28H27FN4O3S. The number of nitrogens with two attached hydrogens (primary N) is 1. The molecule has 7 nitrogen and oxygen atoms in total. The van der Waals surface area contributed by atoms with Crippen molar-refractivity contribution in [2.24, 2.45) is 5.73 Å². The van der Waals surface area contributed by atoms with Gasteiger partial charge in [0.15, 0.2) is 0 Å². The zero-order valence-electron chi connectivity index (χ0n) is 20.6. The molecule has 190 valence electrons. The van der Waals surface area contributed by atoms with Gasteiger partial charge in [0.1, 0.15) is 34.3 Å². The second-order valence-corrected chi connectivity index (χ2v) is 9.73. The van der Waals surface area contributed by atoms with Gasteiger partial charge in [0.25, 0.3) is 0 Å². The van der Waals surface area contributed by atoms with Crippen LogP contribution in [0.25, 0.3) is 0 Å². The first-order valence-electron chi connectivity index (χ1n) is 12.3. The number of pyridine rings is 1. The van der Waals surface area contributed by atoms with Crippen molar-refractivity contribution in [1.82, 2.24) is 4.98 Å². The zero-order valence-corrected chi connectivity index (χ0v) is 21.4. The summed E-state index contributed by atoms with van der Waals surface area (Å²) >= 11 is 1.24. The summed E-state index contributed by atoms with van der Waals surface area (Å²) in [4.78, 5) is 17.9. The number of halogens is 1. The molecule has 2 aromatic rings. The van der Waals surface area contributed by atoms with Gasteiger partial charge < -0.3 is 15.2 Å². The summed E-state index contributed by atoms with van der Waals surface area (Å²) in [5.41, 5.74) is 8.69. The highest BCUT2D eigenvalue weighted by molar-refractivity contribution is 7.99. The monoisotopic (exact) mass is 518 g/mol. The molecule has 0 amide bonds. The number of hydrogen-bond acceptors (Lipinski definition) is 8. The summed E-state index contributed by atoms with van der Waals surface area (Å²) in [6.07, 6.45) is 6.17. The van der Waals surface area contributed by atoms with Gasteiger partial charge in [-0.2, -0.15) is 10.5 Å². The lowest BCUT2D eigenvalue weighted by atomic mass is 9.83.